The minimum Gasteiger partial charge on any atom is -0.349 e. The van der Waals surface area contributed by atoms with Crippen molar-refractivity contribution in [3.8, 4) is 0 Å². The first-order valence-corrected chi connectivity index (χ1v) is 7.46. The summed E-state index contributed by atoms with van der Waals surface area (Å²) in [6, 6.07) is 4.63. The van der Waals surface area contributed by atoms with Crippen molar-refractivity contribution in [1.29, 1.82) is 0 Å². The summed E-state index contributed by atoms with van der Waals surface area (Å²) >= 11 is 0. The van der Waals surface area contributed by atoms with Crippen molar-refractivity contribution in [3.05, 3.63) is 35.4 Å². The minimum absolute atomic E-state index is 0.0797. The Balaban J connectivity index is 2.84. The molecule has 0 aliphatic rings. The van der Waals surface area contributed by atoms with Crippen molar-refractivity contribution < 1.29 is 18.0 Å². The molecule has 0 aromatic heterocycles. The molecule has 1 rings (SSSR count). The lowest BCUT2D eigenvalue weighted by atomic mass is 9.99. The molecule has 6 heteroatoms. The van der Waals surface area contributed by atoms with E-state index in [1.165, 1.54) is 6.07 Å². The van der Waals surface area contributed by atoms with Crippen LogP contribution < -0.4 is 11.1 Å². The number of alkyl halides is 3. The number of rotatable bonds is 7. The van der Waals surface area contributed by atoms with Crippen LogP contribution in [0.5, 0.6) is 0 Å². The third kappa shape index (κ3) is 6.05. The number of halogens is 3. The lowest BCUT2D eigenvalue weighted by molar-refractivity contribution is -0.137. The predicted octanol–water partition coefficient (Wildman–Crippen LogP) is 3.79. The summed E-state index contributed by atoms with van der Waals surface area (Å²) in [5.41, 5.74) is 5.38. The molecular weight excluding hydrogens is 293 g/mol. The molecule has 1 aromatic rings. The molecule has 3 nitrogen and oxygen atoms in total. The number of amides is 1. The Morgan fingerprint density at radius 1 is 1.32 bits per heavy atom. The maximum Gasteiger partial charge on any atom is 0.416 e. The van der Waals surface area contributed by atoms with Crippen LogP contribution in [0.15, 0.2) is 24.3 Å². The molecule has 1 amide bonds. The van der Waals surface area contributed by atoms with Crippen LogP contribution in [0.1, 0.15) is 56.7 Å². The van der Waals surface area contributed by atoms with Gasteiger partial charge in [0.25, 0.3) is 0 Å². The lowest BCUT2D eigenvalue weighted by Crippen LogP contribution is -2.30. The summed E-state index contributed by atoms with van der Waals surface area (Å²) in [5.74, 6) is -0.187. The zero-order valence-electron chi connectivity index (χ0n) is 12.9. The molecule has 0 bridgehead atoms. The zero-order chi connectivity index (χ0) is 16.8. The SMILES string of the molecule is CCCC(NC(=O)CCC(C)N)c1cccc(C(F)(F)F)c1. The van der Waals surface area contributed by atoms with E-state index in [0.717, 1.165) is 18.6 Å². The summed E-state index contributed by atoms with van der Waals surface area (Å²) in [7, 11) is 0. The third-order valence-electron chi connectivity index (χ3n) is 3.36. The standard InChI is InChI=1S/C16H23F3N2O/c1-3-5-14(21-15(22)9-8-11(2)20)12-6-4-7-13(10-12)16(17,18)19/h4,6-7,10-11,14H,3,5,8-9,20H2,1-2H3,(H,21,22). The van der Waals surface area contributed by atoms with Gasteiger partial charge in [0.05, 0.1) is 11.6 Å². The monoisotopic (exact) mass is 316 g/mol. The Morgan fingerprint density at radius 2 is 2.00 bits per heavy atom. The van der Waals surface area contributed by atoms with Gasteiger partial charge in [-0.2, -0.15) is 13.2 Å². The van der Waals surface area contributed by atoms with E-state index in [0.29, 0.717) is 18.4 Å². The molecule has 1 aromatic carbocycles. The molecule has 0 aliphatic heterocycles. The fourth-order valence-corrected chi connectivity index (χ4v) is 2.17. The van der Waals surface area contributed by atoms with Gasteiger partial charge >= 0.3 is 6.18 Å². The molecule has 0 spiro atoms. The summed E-state index contributed by atoms with van der Waals surface area (Å²) in [5, 5.41) is 2.81. The van der Waals surface area contributed by atoms with Gasteiger partial charge in [0, 0.05) is 12.5 Å². The summed E-state index contributed by atoms with van der Waals surface area (Å²) in [6.07, 6.45) is -2.21. The second-order valence-corrected chi connectivity index (χ2v) is 5.55. The predicted molar refractivity (Wildman–Crippen MR) is 80.1 cm³/mol. The van der Waals surface area contributed by atoms with Gasteiger partial charge in [0.2, 0.25) is 5.91 Å². The van der Waals surface area contributed by atoms with Gasteiger partial charge in [-0.15, -0.1) is 0 Å². The highest BCUT2D eigenvalue weighted by atomic mass is 19.4. The van der Waals surface area contributed by atoms with Crippen LogP contribution in [0, 0.1) is 0 Å². The van der Waals surface area contributed by atoms with E-state index >= 15 is 0 Å². The molecule has 0 fully saturated rings. The van der Waals surface area contributed by atoms with Crippen LogP contribution in [0.2, 0.25) is 0 Å². The third-order valence-corrected chi connectivity index (χ3v) is 3.36. The van der Waals surface area contributed by atoms with Gasteiger partial charge in [0.15, 0.2) is 0 Å². The van der Waals surface area contributed by atoms with Gasteiger partial charge in [-0.1, -0.05) is 25.5 Å². The molecular formula is C16H23F3N2O. The number of hydrogen-bond acceptors (Lipinski definition) is 2. The van der Waals surface area contributed by atoms with Crippen LogP contribution in [0.25, 0.3) is 0 Å². The Labute approximate surface area is 129 Å². The highest BCUT2D eigenvalue weighted by Crippen LogP contribution is 2.31. The molecule has 0 heterocycles. The number of hydrogen-bond donors (Lipinski definition) is 2. The largest absolute Gasteiger partial charge is 0.416 e. The first-order chi connectivity index (χ1) is 10.2. The molecule has 22 heavy (non-hydrogen) atoms. The van der Waals surface area contributed by atoms with Gasteiger partial charge in [-0.05, 0) is 37.5 Å². The number of nitrogens with one attached hydrogen (secondary N) is 1. The van der Waals surface area contributed by atoms with Crippen LogP contribution >= 0.6 is 0 Å². The maximum atomic E-state index is 12.8. The average Bonchev–Trinajstić information content (AvgIpc) is 2.44. The highest BCUT2D eigenvalue weighted by molar-refractivity contribution is 5.76. The van der Waals surface area contributed by atoms with Gasteiger partial charge in [-0.25, -0.2) is 0 Å². The van der Waals surface area contributed by atoms with Crippen LogP contribution in [-0.4, -0.2) is 11.9 Å². The fourth-order valence-electron chi connectivity index (χ4n) is 2.17. The van der Waals surface area contributed by atoms with E-state index in [2.05, 4.69) is 5.32 Å². The van der Waals surface area contributed by atoms with E-state index in [1.54, 1.807) is 6.07 Å². The molecule has 3 N–H and O–H groups in total. The quantitative estimate of drug-likeness (QED) is 0.804. The van der Waals surface area contributed by atoms with Crippen LogP contribution in [0.4, 0.5) is 13.2 Å². The van der Waals surface area contributed by atoms with Crippen LogP contribution in [-0.2, 0) is 11.0 Å². The second-order valence-electron chi connectivity index (χ2n) is 5.55. The molecule has 2 unspecified atom stereocenters. The van der Waals surface area contributed by atoms with E-state index < -0.39 is 17.8 Å². The van der Waals surface area contributed by atoms with Crippen molar-refractivity contribution in [2.24, 2.45) is 5.73 Å². The van der Waals surface area contributed by atoms with E-state index in [-0.39, 0.29) is 18.4 Å². The normalized spacial score (nSPS) is 14.5. The van der Waals surface area contributed by atoms with Gasteiger partial charge < -0.3 is 11.1 Å². The first kappa shape index (κ1) is 18.5. The van der Waals surface area contributed by atoms with Crippen molar-refractivity contribution in [2.45, 2.75) is 57.8 Å². The molecule has 0 saturated heterocycles. The topological polar surface area (TPSA) is 55.1 Å². The van der Waals surface area contributed by atoms with E-state index in [1.807, 2.05) is 13.8 Å². The van der Waals surface area contributed by atoms with Crippen molar-refractivity contribution >= 4 is 5.91 Å². The van der Waals surface area contributed by atoms with Gasteiger partial charge in [-0.3, -0.25) is 4.79 Å². The Morgan fingerprint density at radius 3 is 2.55 bits per heavy atom. The molecule has 0 aliphatic carbocycles. The highest BCUT2D eigenvalue weighted by Gasteiger charge is 2.31. The number of benzene rings is 1. The first-order valence-electron chi connectivity index (χ1n) is 7.46. The number of carbonyl (C=O) groups is 1. The van der Waals surface area contributed by atoms with Gasteiger partial charge in [0.1, 0.15) is 0 Å². The Kier molecular flexibility index (Phi) is 6.87. The van der Waals surface area contributed by atoms with Crippen LogP contribution in [0.3, 0.4) is 0 Å². The van der Waals surface area contributed by atoms with Crippen molar-refractivity contribution in [2.75, 3.05) is 0 Å². The minimum atomic E-state index is -4.38. The second kappa shape index (κ2) is 8.17. The molecule has 0 radical (unpaired) electrons. The lowest BCUT2D eigenvalue weighted by Gasteiger charge is -2.20. The molecule has 0 saturated carbocycles. The van der Waals surface area contributed by atoms with E-state index in [9.17, 15) is 18.0 Å². The van der Waals surface area contributed by atoms with Crippen molar-refractivity contribution in [3.63, 3.8) is 0 Å². The smallest absolute Gasteiger partial charge is 0.349 e. The Bertz CT molecular complexity index is 487. The summed E-state index contributed by atoms with van der Waals surface area (Å²) < 4.78 is 38.4. The summed E-state index contributed by atoms with van der Waals surface area (Å²) in [4.78, 5) is 11.9. The fraction of sp³-hybridized carbons (Fsp3) is 0.562. The average molecular weight is 316 g/mol. The van der Waals surface area contributed by atoms with E-state index in [4.69, 9.17) is 5.73 Å². The maximum absolute atomic E-state index is 12.8. The summed E-state index contributed by atoms with van der Waals surface area (Å²) in [6.45, 7) is 3.73. The van der Waals surface area contributed by atoms with Crippen molar-refractivity contribution in [1.82, 2.24) is 5.32 Å². The Hall–Kier alpha value is -1.56. The number of nitrogens with two attached hydrogens (primary N) is 1. The molecule has 2 atom stereocenters. The molecule has 124 valence electrons. The zero-order valence-corrected chi connectivity index (χ0v) is 12.9. The number of carbonyl (C=O) groups excluding carboxylic acids is 1.